The van der Waals surface area contributed by atoms with Gasteiger partial charge >= 0.3 is 11.9 Å². The van der Waals surface area contributed by atoms with Crippen LogP contribution < -0.4 is 75.3 Å². The largest absolute Gasteiger partial charge is 0.481 e. The Hall–Kier alpha value is -11.2. The van der Waals surface area contributed by atoms with E-state index in [0.29, 0.717) is 58.4 Å². The highest BCUT2D eigenvalue weighted by molar-refractivity contribution is 7.80. The number of amides is 13. The molecule has 21 N–H and O–H groups in total. The summed E-state index contributed by atoms with van der Waals surface area (Å²) in [7, 11) is 0. The van der Waals surface area contributed by atoms with Gasteiger partial charge in [0.05, 0.1) is 64.5 Å². The van der Waals surface area contributed by atoms with E-state index in [1.165, 1.54) is 26.4 Å². The van der Waals surface area contributed by atoms with Crippen LogP contribution in [0.4, 0.5) is 0 Å². The van der Waals surface area contributed by atoms with Crippen molar-refractivity contribution in [2.45, 2.75) is 192 Å². The number of benzene rings is 2. The zero-order valence-electron chi connectivity index (χ0n) is 67.6. The molecule has 3 aromatic heterocycles. The van der Waals surface area contributed by atoms with E-state index in [1.807, 2.05) is 10.6 Å². The highest BCUT2D eigenvalue weighted by Crippen LogP contribution is 2.25. The monoisotopic (exact) mass is 1700 g/mol. The summed E-state index contributed by atoms with van der Waals surface area (Å²) < 4.78 is 18.5. The number of fused-ring (bicyclic) bond motifs is 2. The molecule has 0 fully saturated rings. The molecule has 0 aliphatic carbocycles. The number of imidazole rings is 1. The Morgan fingerprint density at radius 1 is 0.538 bits per heavy atom. The summed E-state index contributed by atoms with van der Waals surface area (Å²) >= 11 is 8.38. The predicted octanol–water partition coefficient (Wildman–Crippen LogP) is -2.83. The number of aliphatic hydroxyl groups is 1. The van der Waals surface area contributed by atoms with Crippen molar-refractivity contribution < 1.29 is 101 Å². The molecule has 39 nitrogen and oxygen atoms in total. The van der Waals surface area contributed by atoms with E-state index in [4.69, 9.17) is 32.1 Å². The first-order chi connectivity index (χ1) is 56.4. The summed E-state index contributed by atoms with van der Waals surface area (Å²) in [4.78, 5) is 216. The minimum Gasteiger partial charge on any atom is -0.481 e. The minimum atomic E-state index is -1.68. The highest BCUT2D eigenvalue weighted by atomic mass is 32.1. The molecule has 0 aliphatic heterocycles. The van der Waals surface area contributed by atoms with Crippen molar-refractivity contribution in [1.29, 1.82) is 0 Å². The lowest BCUT2D eigenvalue weighted by Crippen LogP contribution is -2.61. The van der Waals surface area contributed by atoms with Crippen molar-refractivity contribution in [2.24, 2.45) is 29.2 Å². The second-order valence-electron chi connectivity index (χ2n) is 29.5. The van der Waals surface area contributed by atoms with Crippen LogP contribution in [0.3, 0.4) is 0 Å². The molecule has 119 heavy (non-hydrogen) atoms. The van der Waals surface area contributed by atoms with Crippen LogP contribution >= 0.6 is 25.3 Å². The lowest BCUT2D eigenvalue weighted by molar-refractivity contribution is -0.140. The van der Waals surface area contributed by atoms with Crippen LogP contribution in [0.2, 0.25) is 0 Å². The molecular weight excluding hydrogens is 1590 g/mol. The van der Waals surface area contributed by atoms with Crippen molar-refractivity contribution >= 4 is 136 Å². The fraction of sp³-hybridized carbons (Fsp3) is 0.538. The quantitative estimate of drug-likeness (QED) is 0.0106. The first kappa shape index (κ1) is 98.4. The third-order valence-electron chi connectivity index (χ3n) is 18.5. The van der Waals surface area contributed by atoms with E-state index in [2.05, 4.69) is 110 Å². The molecule has 0 unspecified atom stereocenters. The van der Waals surface area contributed by atoms with E-state index in [0.717, 1.165) is 0 Å². The van der Waals surface area contributed by atoms with Crippen LogP contribution in [0, 0.1) is 30.1 Å². The molecule has 5 rings (SSSR count). The molecule has 0 spiro atoms. The van der Waals surface area contributed by atoms with Gasteiger partial charge in [0.15, 0.2) is 0 Å². The first-order valence-electron chi connectivity index (χ1n) is 38.7. The number of terminal acetylenes is 1. The number of carboxylic acids is 2. The lowest BCUT2D eigenvalue weighted by Gasteiger charge is -2.29. The SMILES string of the molecule is C#CCOCCOCCOCCn1cc(C[C@H](NC(=O)[C@H](C)NC(=O)[C@H](CS)NC(=O)[C@@H](N)CC(=O)O)C(=O)N[C@@H](Cc2cnc[nH]2)C(=O)N[C@@H](CC(C)C)C(=O)NCC(=O)N[C@@H](CCC(=O)O)C(=O)N[C@@H](CC(C)C)C(=O)N[C@H](C(=O)N[C@@H](Cc2c[nH]c3ccccc23)C(=O)N[C@@H](CS)C(=O)N[C@H](C(N)=O)[C@@H](C)O)C(C)C)c2ccccc21. The number of nitrogens with two attached hydrogens (primary N) is 2. The number of nitrogens with zero attached hydrogens (tertiary/aromatic N) is 2. The molecule has 2 aromatic carbocycles. The summed E-state index contributed by atoms with van der Waals surface area (Å²) in [6, 6.07) is -3.63. The Morgan fingerprint density at radius 3 is 1.60 bits per heavy atom. The van der Waals surface area contributed by atoms with Crippen LogP contribution in [-0.4, -0.2) is 260 Å². The Kier molecular flexibility index (Phi) is 41.3. The van der Waals surface area contributed by atoms with Gasteiger partial charge in [-0.05, 0) is 74.1 Å². The van der Waals surface area contributed by atoms with Gasteiger partial charge in [0.25, 0.3) is 0 Å². The van der Waals surface area contributed by atoms with Gasteiger partial charge in [0.2, 0.25) is 76.8 Å². The molecule has 3 heterocycles. The number of hydrogen-bond donors (Lipinski definition) is 21. The summed E-state index contributed by atoms with van der Waals surface area (Å²) in [5.41, 5.74) is 13.9. The predicted molar refractivity (Wildman–Crippen MR) is 441 cm³/mol. The third kappa shape index (κ3) is 32.9. The summed E-state index contributed by atoms with van der Waals surface area (Å²) in [5, 5.41) is 61.0. The number of aromatic amines is 2. The number of aliphatic carboxylic acids is 2. The molecule has 13 amide bonds. The lowest BCUT2D eigenvalue weighted by atomic mass is 9.98. The molecule has 0 bridgehead atoms. The molecule has 652 valence electrons. The number of nitrogens with one attached hydrogen (secondary N) is 14. The molecule has 0 saturated carbocycles. The number of rotatable bonds is 54. The maximum Gasteiger partial charge on any atom is 0.305 e. The van der Waals surface area contributed by atoms with Crippen LogP contribution in [0.5, 0.6) is 0 Å². The van der Waals surface area contributed by atoms with E-state index < -0.39 is 199 Å². The van der Waals surface area contributed by atoms with Gasteiger partial charge in [-0.15, -0.1) is 6.42 Å². The normalized spacial score (nSPS) is 14.6. The van der Waals surface area contributed by atoms with E-state index in [9.17, 15) is 82.4 Å². The topological polar surface area (TPSA) is 590 Å². The number of ether oxygens (including phenoxy) is 3. The van der Waals surface area contributed by atoms with Crippen molar-refractivity contribution in [3.63, 3.8) is 0 Å². The van der Waals surface area contributed by atoms with Crippen molar-refractivity contribution in [2.75, 3.05) is 57.7 Å². The van der Waals surface area contributed by atoms with Gasteiger partial charge in [-0.1, -0.05) is 83.9 Å². The standard InChI is InChI=1S/C78H112N18O21S2/c1-10-22-115-24-26-117-27-25-116-23-21-96-37-47(50-16-12-14-18-61(50)96)31-57(87-68(104)44(8)85-76(112)59(38-118)92-69(105)51(79)33-64(101)102)72(108)90-58(32-48-35-81-40-84-48)74(110)88-54(28-41(2)3)70(106)83-36-62(98)86-53(19-20-63(99)100)71(107)89-55(29-42(4)5)75(111)94-65(43(6)7)78(114)91-56(30-46-34-82-52-17-13-11-15-49(46)52)73(109)93-60(39-119)77(113)95-66(45(9)97)67(80)103/h1,11-18,34-35,37,40-45,51,53-60,65-66,82,97,118-119H,19-33,36,38-39,79H2,2-9H3,(H2,80,103)(H,81,84)(H,83,106)(H,85,112)(H,86,98)(H,87,104)(H,88,110)(H,89,107)(H,90,108)(H,91,114)(H,92,105)(H,93,109)(H,94,111)(H,95,113)(H,99,100)(H,101,102)/t44-,45+,51-,53-,54-,55-,56-,57-,58-,59-,60-,65-,66-/m0/s1. The maximum atomic E-state index is 15.1. The minimum absolute atomic E-state index is 0.0708. The average molecular weight is 1700 g/mol. The molecule has 0 aliphatic rings. The fourth-order valence-electron chi connectivity index (χ4n) is 12.3. The second kappa shape index (κ2) is 49.9. The van der Waals surface area contributed by atoms with E-state index >= 15 is 4.79 Å². The fourth-order valence-corrected chi connectivity index (χ4v) is 12.8. The van der Waals surface area contributed by atoms with Gasteiger partial charge in [-0.3, -0.25) is 71.9 Å². The van der Waals surface area contributed by atoms with Crippen LogP contribution in [0.1, 0.15) is 104 Å². The zero-order valence-corrected chi connectivity index (χ0v) is 69.4. The van der Waals surface area contributed by atoms with Crippen LogP contribution in [-0.2, 0) is 112 Å². The molecule has 0 saturated heterocycles. The number of para-hydroxylation sites is 2. The molecule has 0 radical (unpaired) electrons. The van der Waals surface area contributed by atoms with E-state index in [-0.39, 0.29) is 81.9 Å². The molecule has 13 atom stereocenters. The number of primary amides is 1. The smallest absolute Gasteiger partial charge is 0.305 e. The highest BCUT2D eigenvalue weighted by Gasteiger charge is 2.38. The first-order valence-corrected chi connectivity index (χ1v) is 40.0. The molecule has 41 heteroatoms. The van der Waals surface area contributed by atoms with Gasteiger partial charge in [0.1, 0.15) is 73.1 Å². The van der Waals surface area contributed by atoms with Crippen LogP contribution in [0.15, 0.2) is 73.4 Å². The second-order valence-corrected chi connectivity index (χ2v) is 30.2. The van der Waals surface area contributed by atoms with E-state index in [1.54, 1.807) is 96.4 Å². The number of aromatic nitrogens is 4. The maximum absolute atomic E-state index is 15.1. The van der Waals surface area contributed by atoms with Crippen molar-refractivity contribution in [3.8, 4) is 12.3 Å². The number of carbonyl (C=O) groups excluding carboxylic acids is 13. The number of aliphatic hydroxyl groups excluding tert-OH is 1. The molecule has 5 aromatic rings. The van der Waals surface area contributed by atoms with Gasteiger partial charge in [-0.25, -0.2) is 4.98 Å². The van der Waals surface area contributed by atoms with Gasteiger partial charge in [0, 0.05) is 89.8 Å². The van der Waals surface area contributed by atoms with Crippen LogP contribution in [0.25, 0.3) is 21.8 Å². The molecular formula is C78H112N18O21S2. The summed E-state index contributed by atoms with van der Waals surface area (Å²) in [5.74, 6) is -14.8. The van der Waals surface area contributed by atoms with Gasteiger partial charge in [-0.2, -0.15) is 25.3 Å². The Labute approximate surface area is 698 Å². The Balaban J connectivity index is 1.36. The zero-order chi connectivity index (χ0) is 88.2. The number of hydrogen-bond acceptors (Lipinski definition) is 23. The van der Waals surface area contributed by atoms with Gasteiger partial charge < -0.3 is 119 Å². The Morgan fingerprint density at radius 2 is 1.03 bits per heavy atom. The number of carboxylic acid groups (broad SMARTS) is 2. The van der Waals surface area contributed by atoms with Crippen molar-refractivity contribution in [3.05, 3.63) is 90.3 Å². The third-order valence-corrected chi connectivity index (χ3v) is 19.3. The summed E-state index contributed by atoms with van der Waals surface area (Å²) in [6.45, 7) is 13.5. The van der Waals surface area contributed by atoms with Crippen molar-refractivity contribution in [1.82, 2.24) is 83.3 Å². The Bertz CT molecular complexity index is 4320. The average Bonchev–Trinajstić information content (AvgIpc) is 1.68. The summed E-state index contributed by atoms with van der Waals surface area (Å²) in [6.07, 6.45) is 7.03. The number of H-pyrrole nitrogens is 2. The number of carbonyl (C=O) groups is 15. The number of thiol groups is 2.